The van der Waals surface area contributed by atoms with Gasteiger partial charge < -0.3 is 4.90 Å². The largest absolute Gasteiger partial charge is 0.338 e. The first kappa shape index (κ1) is 14.4. The molecular formula is C18H19N3O. The lowest BCUT2D eigenvalue weighted by Crippen LogP contribution is -2.38. The lowest BCUT2D eigenvalue weighted by atomic mass is 9.95. The summed E-state index contributed by atoms with van der Waals surface area (Å²) in [4.78, 5) is 22.8. The standard InChI is InChI=1S/C18H19N3O/c22-18(9-8-15-5-2-1-3-6-15)21-12-4-7-16(14-21)17-13-19-10-11-20-17/h1-3,5-6,8-11,13,16H,4,7,12,14H2/b9-8+. The SMILES string of the molecule is O=C(/C=C/c1ccccc1)N1CCCC(c2cnccn2)C1. The Bertz CT molecular complexity index is 640. The van der Waals surface area contributed by atoms with E-state index in [1.165, 1.54) is 0 Å². The molecule has 3 rings (SSSR count). The molecule has 0 N–H and O–H groups in total. The number of carbonyl (C=O) groups is 1. The maximum atomic E-state index is 12.4. The topological polar surface area (TPSA) is 46.1 Å². The molecule has 0 bridgehead atoms. The van der Waals surface area contributed by atoms with Gasteiger partial charge in [-0.1, -0.05) is 30.3 Å². The minimum absolute atomic E-state index is 0.0671. The summed E-state index contributed by atoms with van der Waals surface area (Å²) in [5.41, 5.74) is 2.02. The number of rotatable bonds is 3. The first-order valence-electron chi connectivity index (χ1n) is 7.61. The van der Waals surface area contributed by atoms with Crippen LogP contribution in [0.25, 0.3) is 6.08 Å². The molecule has 0 aliphatic carbocycles. The summed E-state index contributed by atoms with van der Waals surface area (Å²) in [7, 11) is 0. The molecule has 1 atom stereocenters. The van der Waals surface area contributed by atoms with E-state index in [0.29, 0.717) is 0 Å². The van der Waals surface area contributed by atoms with Crippen LogP contribution in [0, 0.1) is 0 Å². The van der Waals surface area contributed by atoms with E-state index in [0.717, 1.165) is 37.2 Å². The molecule has 2 aromatic rings. The molecule has 0 radical (unpaired) electrons. The molecule has 1 aromatic heterocycles. The quantitative estimate of drug-likeness (QED) is 0.817. The van der Waals surface area contributed by atoms with Crippen LogP contribution < -0.4 is 0 Å². The van der Waals surface area contributed by atoms with Gasteiger partial charge in [-0.25, -0.2) is 0 Å². The van der Waals surface area contributed by atoms with Gasteiger partial charge in [-0.2, -0.15) is 0 Å². The summed E-state index contributed by atoms with van der Waals surface area (Å²) in [5, 5.41) is 0. The molecule has 1 amide bonds. The average molecular weight is 293 g/mol. The average Bonchev–Trinajstić information content (AvgIpc) is 2.61. The third-order valence-electron chi connectivity index (χ3n) is 3.95. The number of benzene rings is 1. The monoisotopic (exact) mass is 293 g/mol. The zero-order chi connectivity index (χ0) is 15.2. The Morgan fingerprint density at radius 3 is 2.86 bits per heavy atom. The summed E-state index contributed by atoms with van der Waals surface area (Å²) in [6.07, 6.45) is 10.8. The Kier molecular flexibility index (Phi) is 4.59. The molecule has 4 nitrogen and oxygen atoms in total. The fourth-order valence-corrected chi connectivity index (χ4v) is 2.78. The number of likely N-dealkylation sites (tertiary alicyclic amines) is 1. The lowest BCUT2D eigenvalue weighted by Gasteiger charge is -2.31. The molecule has 1 aliphatic heterocycles. The van der Waals surface area contributed by atoms with Crippen molar-refractivity contribution in [2.45, 2.75) is 18.8 Å². The van der Waals surface area contributed by atoms with E-state index >= 15 is 0 Å². The summed E-state index contributed by atoms with van der Waals surface area (Å²) in [5.74, 6) is 0.356. The fraction of sp³-hybridized carbons (Fsp3) is 0.278. The first-order valence-corrected chi connectivity index (χ1v) is 7.61. The Labute approximate surface area is 130 Å². The molecule has 1 fully saturated rings. The molecular weight excluding hydrogens is 274 g/mol. The van der Waals surface area contributed by atoms with Crippen molar-refractivity contribution in [2.24, 2.45) is 0 Å². The van der Waals surface area contributed by atoms with Gasteiger partial charge in [-0.05, 0) is 24.5 Å². The highest BCUT2D eigenvalue weighted by molar-refractivity contribution is 5.91. The number of piperidine rings is 1. The molecule has 0 saturated carbocycles. The van der Waals surface area contributed by atoms with Gasteiger partial charge >= 0.3 is 0 Å². The Hall–Kier alpha value is -2.49. The molecule has 22 heavy (non-hydrogen) atoms. The minimum atomic E-state index is 0.0671. The van der Waals surface area contributed by atoms with Crippen molar-refractivity contribution in [3.63, 3.8) is 0 Å². The van der Waals surface area contributed by atoms with E-state index in [1.54, 1.807) is 24.7 Å². The molecule has 4 heteroatoms. The van der Waals surface area contributed by atoms with E-state index in [-0.39, 0.29) is 11.8 Å². The number of aromatic nitrogens is 2. The fourth-order valence-electron chi connectivity index (χ4n) is 2.78. The molecule has 1 aromatic carbocycles. The van der Waals surface area contributed by atoms with Crippen LogP contribution in [0.2, 0.25) is 0 Å². The van der Waals surface area contributed by atoms with Gasteiger partial charge in [0, 0.05) is 43.7 Å². The first-order chi connectivity index (χ1) is 10.8. The number of carbonyl (C=O) groups excluding carboxylic acids is 1. The zero-order valence-electron chi connectivity index (χ0n) is 12.4. The highest BCUT2D eigenvalue weighted by Crippen LogP contribution is 2.25. The van der Waals surface area contributed by atoms with Crippen LogP contribution in [0.5, 0.6) is 0 Å². The Morgan fingerprint density at radius 2 is 2.09 bits per heavy atom. The van der Waals surface area contributed by atoms with Crippen molar-refractivity contribution in [3.05, 3.63) is 66.3 Å². The van der Waals surface area contributed by atoms with Crippen molar-refractivity contribution in [1.82, 2.24) is 14.9 Å². The normalized spacial score (nSPS) is 18.5. The van der Waals surface area contributed by atoms with Crippen LogP contribution in [0.15, 0.2) is 55.0 Å². The van der Waals surface area contributed by atoms with Crippen LogP contribution in [0.1, 0.15) is 30.0 Å². The number of hydrogen-bond acceptors (Lipinski definition) is 3. The molecule has 1 saturated heterocycles. The highest BCUT2D eigenvalue weighted by atomic mass is 16.2. The van der Waals surface area contributed by atoms with E-state index in [9.17, 15) is 4.79 Å². The predicted molar refractivity (Wildman–Crippen MR) is 86.1 cm³/mol. The Morgan fingerprint density at radius 1 is 1.23 bits per heavy atom. The molecule has 1 aliphatic rings. The maximum absolute atomic E-state index is 12.4. The molecule has 2 heterocycles. The van der Waals surface area contributed by atoms with Gasteiger partial charge in [0.2, 0.25) is 5.91 Å². The van der Waals surface area contributed by atoms with Gasteiger partial charge in [0.05, 0.1) is 5.69 Å². The second-order valence-corrected chi connectivity index (χ2v) is 5.50. The van der Waals surface area contributed by atoms with Crippen molar-refractivity contribution >= 4 is 12.0 Å². The van der Waals surface area contributed by atoms with Crippen molar-refractivity contribution in [1.29, 1.82) is 0 Å². The van der Waals surface area contributed by atoms with E-state index in [2.05, 4.69) is 9.97 Å². The molecule has 0 spiro atoms. The van der Waals surface area contributed by atoms with Crippen molar-refractivity contribution in [3.8, 4) is 0 Å². The second kappa shape index (κ2) is 6.98. The summed E-state index contributed by atoms with van der Waals surface area (Å²) >= 11 is 0. The van der Waals surface area contributed by atoms with Crippen LogP contribution in [0.3, 0.4) is 0 Å². The predicted octanol–water partition coefficient (Wildman–Crippen LogP) is 2.90. The van der Waals surface area contributed by atoms with Crippen LogP contribution in [0.4, 0.5) is 0 Å². The maximum Gasteiger partial charge on any atom is 0.246 e. The molecule has 112 valence electrons. The van der Waals surface area contributed by atoms with E-state index in [4.69, 9.17) is 0 Å². The van der Waals surface area contributed by atoms with Crippen molar-refractivity contribution < 1.29 is 4.79 Å². The lowest BCUT2D eigenvalue weighted by molar-refractivity contribution is -0.127. The number of nitrogens with zero attached hydrogens (tertiary/aromatic N) is 3. The van der Waals surface area contributed by atoms with Crippen molar-refractivity contribution in [2.75, 3.05) is 13.1 Å². The third-order valence-corrected chi connectivity index (χ3v) is 3.95. The summed E-state index contributed by atoms with van der Waals surface area (Å²) in [6.45, 7) is 1.53. The Balaban J connectivity index is 1.64. The van der Waals surface area contributed by atoms with E-state index in [1.807, 2.05) is 41.3 Å². The van der Waals surface area contributed by atoms with Gasteiger partial charge in [0.15, 0.2) is 0 Å². The van der Waals surface area contributed by atoms with Crippen LogP contribution >= 0.6 is 0 Å². The van der Waals surface area contributed by atoms with Gasteiger partial charge in [0.25, 0.3) is 0 Å². The van der Waals surface area contributed by atoms with E-state index < -0.39 is 0 Å². The summed E-state index contributed by atoms with van der Waals surface area (Å²) in [6, 6.07) is 9.88. The third kappa shape index (κ3) is 3.58. The second-order valence-electron chi connectivity index (χ2n) is 5.50. The van der Waals surface area contributed by atoms with Crippen LogP contribution in [-0.4, -0.2) is 33.9 Å². The van der Waals surface area contributed by atoms with Crippen LogP contribution in [-0.2, 0) is 4.79 Å². The van der Waals surface area contributed by atoms with Gasteiger partial charge in [-0.15, -0.1) is 0 Å². The smallest absolute Gasteiger partial charge is 0.246 e. The minimum Gasteiger partial charge on any atom is -0.338 e. The highest BCUT2D eigenvalue weighted by Gasteiger charge is 2.24. The molecule has 1 unspecified atom stereocenters. The summed E-state index contributed by atoms with van der Waals surface area (Å²) < 4.78 is 0. The zero-order valence-corrected chi connectivity index (χ0v) is 12.4. The van der Waals surface area contributed by atoms with Gasteiger partial charge in [-0.3, -0.25) is 14.8 Å². The number of amides is 1. The number of hydrogen-bond donors (Lipinski definition) is 0. The van der Waals surface area contributed by atoms with Gasteiger partial charge in [0.1, 0.15) is 0 Å².